The predicted molar refractivity (Wildman–Crippen MR) is 96.3 cm³/mol. The molecule has 0 fully saturated rings. The monoisotopic (exact) mass is 386 g/mol. The molecular weight excluding hydrogens is 372 g/mol. The molecule has 1 heterocycles. The summed E-state index contributed by atoms with van der Waals surface area (Å²) in [4.78, 5) is 12.1. The predicted octanol–water partition coefficient (Wildman–Crippen LogP) is 1.52. The number of nitrogens with zero attached hydrogens (tertiary/aromatic N) is 1. The number of nitrogens with one attached hydrogen (secondary N) is 2. The number of carbonyl (C=O) groups is 1. The van der Waals surface area contributed by atoms with Crippen LogP contribution in [0, 0.1) is 11.3 Å². The summed E-state index contributed by atoms with van der Waals surface area (Å²) >= 11 is 0. The number of fused-ring (bicyclic) bond motifs is 1. The van der Waals surface area contributed by atoms with Gasteiger partial charge < -0.3 is 20.1 Å². The largest absolute Gasteiger partial charge is 0.454 e. The van der Waals surface area contributed by atoms with Crippen molar-refractivity contribution < 1.29 is 22.7 Å². The first-order chi connectivity index (χ1) is 12.9. The average Bonchev–Trinajstić information content (AvgIpc) is 3.09. The zero-order chi connectivity index (χ0) is 19.4. The number of sulfonamides is 1. The van der Waals surface area contributed by atoms with Crippen molar-refractivity contribution in [2.75, 3.05) is 17.4 Å². The van der Waals surface area contributed by atoms with Crippen LogP contribution in [0.1, 0.15) is 0 Å². The molecule has 0 radical (unpaired) electrons. The highest BCUT2D eigenvalue weighted by Crippen LogP contribution is 2.34. The van der Waals surface area contributed by atoms with E-state index in [1.54, 1.807) is 24.3 Å². The van der Waals surface area contributed by atoms with Gasteiger partial charge in [0.05, 0.1) is 4.90 Å². The van der Waals surface area contributed by atoms with Crippen molar-refractivity contribution >= 4 is 27.3 Å². The zero-order valence-corrected chi connectivity index (χ0v) is 14.6. The van der Waals surface area contributed by atoms with Gasteiger partial charge in [0.2, 0.25) is 16.8 Å². The van der Waals surface area contributed by atoms with Crippen LogP contribution in [0.5, 0.6) is 11.5 Å². The Bertz CT molecular complexity index is 1060. The lowest BCUT2D eigenvalue weighted by atomic mass is 10.2. The summed E-state index contributed by atoms with van der Waals surface area (Å²) in [7, 11) is -3.82. The fraction of sp³-hybridized carbons (Fsp3) is 0.0588. The Morgan fingerprint density at radius 2 is 1.78 bits per heavy atom. The molecule has 1 aliphatic rings. The van der Waals surface area contributed by atoms with Crippen molar-refractivity contribution in [1.29, 1.82) is 5.26 Å². The fourth-order valence-corrected chi connectivity index (χ4v) is 2.73. The maximum atomic E-state index is 12.2. The number of anilines is 2. The van der Waals surface area contributed by atoms with Crippen LogP contribution < -0.4 is 25.2 Å². The summed E-state index contributed by atoms with van der Waals surface area (Å²) in [5.74, 6) is 0.520. The number of hydrogen-bond donors (Lipinski definition) is 3. The number of carbonyl (C=O) groups excluding carboxylic acids is 1. The maximum Gasteiger partial charge on any atom is 0.267 e. The number of primary sulfonamides is 1. The highest BCUT2D eigenvalue weighted by atomic mass is 32.2. The molecule has 0 saturated carbocycles. The number of benzene rings is 2. The Labute approximate surface area is 155 Å². The molecule has 27 heavy (non-hydrogen) atoms. The van der Waals surface area contributed by atoms with Gasteiger partial charge in [-0.3, -0.25) is 4.79 Å². The van der Waals surface area contributed by atoms with E-state index in [9.17, 15) is 18.5 Å². The average molecular weight is 386 g/mol. The van der Waals surface area contributed by atoms with Gasteiger partial charge in [-0.15, -0.1) is 0 Å². The molecular formula is C17H14N4O5S. The van der Waals surface area contributed by atoms with Crippen molar-refractivity contribution in [2.24, 2.45) is 5.14 Å². The van der Waals surface area contributed by atoms with Gasteiger partial charge in [-0.2, -0.15) is 5.26 Å². The lowest BCUT2D eigenvalue weighted by Crippen LogP contribution is -2.15. The first-order valence-electron chi connectivity index (χ1n) is 7.57. The van der Waals surface area contributed by atoms with Crippen LogP contribution in [-0.4, -0.2) is 21.1 Å². The topological polar surface area (TPSA) is 144 Å². The molecule has 2 aromatic carbocycles. The second-order valence-corrected chi connectivity index (χ2v) is 6.97. The van der Waals surface area contributed by atoms with Crippen LogP contribution in [-0.2, 0) is 14.8 Å². The van der Waals surface area contributed by atoms with E-state index in [1.807, 2.05) is 0 Å². The van der Waals surface area contributed by atoms with Gasteiger partial charge in [0.25, 0.3) is 5.91 Å². The van der Waals surface area contributed by atoms with Gasteiger partial charge in [0.15, 0.2) is 11.5 Å². The number of nitrogens with two attached hydrogens (primary N) is 1. The summed E-state index contributed by atoms with van der Waals surface area (Å²) < 4.78 is 32.9. The Hall–Kier alpha value is -3.55. The highest BCUT2D eigenvalue weighted by Gasteiger charge is 2.14. The normalized spacial score (nSPS) is 13.0. The second-order valence-electron chi connectivity index (χ2n) is 5.41. The zero-order valence-electron chi connectivity index (χ0n) is 13.8. The van der Waals surface area contributed by atoms with E-state index in [-0.39, 0.29) is 17.3 Å². The molecule has 138 valence electrons. The van der Waals surface area contributed by atoms with E-state index in [4.69, 9.17) is 14.6 Å². The minimum absolute atomic E-state index is 0.0824. The molecule has 0 unspecified atom stereocenters. The van der Waals surface area contributed by atoms with Crippen molar-refractivity contribution in [3.63, 3.8) is 0 Å². The van der Waals surface area contributed by atoms with Gasteiger partial charge in [0, 0.05) is 23.6 Å². The smallest absolute Gasteiger partial charge is 0.267 e. The van der Waals surface area contributed by atoms with Crippen molar-refractivity contribution in [3.05, 3.63) is 54.2 Å². The van der Waals surface area contributed by atoms with Crippen molar-refractivity contribution in [3.8, 4) is 17.6 Å². The molecule has 9 nitrogen and oxygen atoms in total. The fourth-order valence-electron chi connectivity index (χ4n) is 2.22. The van der Waals surface area contributed by atoms with Crippen molar-refractivity contribution in [2.45, 2.75) is 4.90 Å². The van der Waals surface area contributed by atoms with Gasteiger partial charge in [0.1, 0.15) is 11.6 Å². The van der Waals surface area contributed by atoms with Crippen LogP contribution in [0.4, 0.5) is 11.4 Å². The first-order valence-corrected chi connectivity index (χ1v) is 9.12. The SMILES string of the molecule is N#C/C(=C/Nc1ccc2c(c1)OCO2)C(=O)Nc1ccc(S(N)(=O)=O)cc1. The standard InChI is InChI=1S/C17H14N4O5S/c18-8-11(9-20-13-3-6-15-16(7-13)26-10-25-15)17(22)21-12-1-4-14(5-2-12)27(19,23)24/h1-7,9,20H,10H2,(H,21,22)(H2,19,23,24)/b11-9-. The third kappa shape index (κ3) is 4.35. The molecule has 10 heteroatoms. The van der Waals surface area contributed by atoms with Crippen LogP contribution in [0.3, 0.4) is 0 Å². The molecule has 1 amide bonds. The molecule has 2 aromatic rings. The summed E-state index contributed by atoms with van der Waals surface area (Å²) in [6.45, 7) is 0.144. The third-order valence-electron chi connectivity index (χ3n) is 3.56. The van der Waals surface area contributed by atoms with E-state index in [0.29, 0.717) is 22.9 Å². The van der Waals surface area contributed by atoms with Gasteiger partial charge in [-0.1, -0.05) is 0 Å². The highest BCUT2D eigenvalue weighted by molar-refractivity contribution is 7.89. The van der Waals surface area contributed by atoms with Gasteiger partial charge in [-0.05, 0) is 36.4 Å². The number of hydrogen-bond acceptors (Lipinski definition) is 7. The van der Waals surface area contributed by atoms with E-state index in [2.05, 4.69) is 10.6 Å². The summed E-state index contributed by atoms with van der Waals surface area (Å²) in [6, 6.07) is 12.1. The van der Waals surface area contributed by atoms with Gasteiger partial charge >= 0.3 is 0 Å². The Morgan fingerprint density at radius 3 is 2.44 bits per heavy atom. The molecule has 0 aliphatic carbocycles. The molecule has 1 aliphatic heterocycles. The maximum absolute atomic E-state index is 12.2. The van der Waals surface area contributed by atoms with Crippen LogP contribution >= 0.6 is 0 Å². The molecule has 3 rings (SSSR count). The molecule has 4 N–H and O–H groups in total. The Balaban J connectivity index is 1.68. The lowest BCUT2D eigenvalue weighted by Gasteiger charge is -2.06. The summed E-state index contributed by atoms with van der Waals surface area (Å²) in [6.07, 6.45) is 1.26. The Morgan fingerprint density at radius 1 is 1.11 bits per heavy atom. The van der Waals surface area contributed by atoms with E-state index < -0.39 is 15.9 Å². The minimum atomic E-state index is -3.82. The quantitative estimate of drug-likeness (QED) is 0.522. The number of amides is 1. The molecule has 0 saturated heterocycles. The molecule has 0 aromatic heterocycles. The van der Waals surface area contributed by atoms with Crippen LogP contribution in [0.15, 0.2) is 59.1 Å². The second kappa shape index (κ2) is 7.36. The molecule has 0 bridgehead atoms. The summed E-state index contributed by atoms with van der Waals surface area (Å²) in [5, 5.41) is 19.6. The number of rotatable bonds is 5. The van der Waals surface area contributed by atoms with Crippen LogP contribution in [0.25, 0.3) is 0 Å². The van der Waals surface area contributed by atoms with Crippen LogP contribution in [0.2, 0.25) is 0 Å². The minimum Gasteiger partial charge on any atom is -0.454 e. The lowest BCUT2D eigenvalue weighted by molar-refractivity contribution is -0.112. The number of nitriles is 1. The molecule has 0 spiro atoms. The van der Waals surface area contributed by atoms with Crippen molar-refractivity contribution in [1.82, 2.24) is 0 Å². The Kier molecular flexibility index (Phi) is 4.98. The van der Waals surface area contributed by atoms with E-state index >= 15 is 0 Å². The van der Waals surface area contributed by atoms with E-state index in [0.717, 1.165) is 0 Å². The first kappa shape index (κ1) is 18.2. The molecule has 0 atom stereocenters. The summed E-state index contributed by atoms with van der Waals surface area (Å²) in [5.41, 5.74) is 0.747. The number of ether oxygens (including phenoxy) is 2. The van der Waals surface area contributed by atoms with E-state index in [1.165, 1.54) is 30.5 Å². The van der Waals surface area contributed by atoms with Gasteiger partial charge in [-0.25, -0.2) is 13.6 Å². The third-order valence-corrected chi connectivity index (χ3v) is 4.49.